The van der Waals surface area contributed by atoms with Crippen LogP contribution in [0.1, 0.15) is 57.1 Å². The first-order valence-corrected chi connectivity index (χ1v) is 9.20. The van der Waals surface area contributed by atoms with E-state index in [0.29, 0.717) is 4.90 Å². The van der Waals surface area contributed by atoms with E-state index in [-0.39, 0.29) is 12.1 Å². The molecule has 5 heteroatoms. The maximum absolute atomic E-state index is 12.8. The Labute approximate surface area is 128 Å². The van der Waals surface area contributed by atoms with E-state index in [1.165, 1.54) is 12.8 Å². The van der Waals surface area contributed by atoms with Crippen LogP contribution in [0.3, 0.4) is 0 Å². The van der Waals surface area contributed by atoms with Crippen molar-refractivity contribution in [1.82, 2.24) is 4.31 Å². The summed E-state index contributed by atoms with van der Waals surface area (Å²) in [5.41, 5.74) is 6.71. The lowest BCUT2D eigenvalue weighted by Crippen LogP contribution is -2.36. The normalized spacial score (nSPS) is 19.4. The summed E-state index contributed by atoms with van der Waals surface area (Å²) in [6.45, 7) is 1.86. The topological polar surface area (TPSA) is 63.4 Å². The van der Waals surface area contributed by atoms with Gasteiger partial charge in [0.25, 0.3) is 0 Å². The molecule has 1 aliphatic carbocycles. The van der Waals surface area contributed by atoms with Gasteiger partial charge < -0.3 is 5.73 Å². The minimum atomic E-state index is -3.43. The van der Waals surface area contributed by atoms with Gasteiger partial charge in [-0.05, 0) is 37.5 Å². The number of hydrogen-bond acceptors (Lipinski definition) is 3. The second-order valence-corrected chi connectivity index (χ2v) is 8.03. The maximum atomic E-state index is 12.8. The molecule has 1 aromatic rings. The van der Waals surface area contributed by atoms with Crippen LogP contribution in [0.4, 0.5) is 0 Å². The van der Waals surface area contributed by atoms with E-state index in [9.17, 15) is 8.42 Å². The molecule has 21 heavy (non-hydrogen) atoms. The molecule has 0 saturated heterocycles. The number of rotatable bonds is 4. The Bertz CT molecular complexity index is 561. The van der Waals surface area contributed by atoms with Gasteiger partial charge in [0.1, 0.15) is 0 Å². The van der Waals surface area contributed by atoms with E-state index in [1.54, 1.807) is 29.6 Å². The number of nitrogens with two attached hydrogens (primary N) is 1. The van der Waals surface area contributed by atoms with E-state index in [0.717, 1.165) is 31.2 Å². The fraction of sp³-hybridized carbons (Fsp3) is 0.625. The summed E-state index contributed by atoms with van der Waals surface area (Å²) >= 11 is 0. The first-order chi connectivity index (χ1) is 9.93. The van der Waals surface area contributed by atoms with E-state index < -0.39 is 10.0 Å². The summed E-state index contributed by atoms with van der Waals surface area (Å²) < 4.78 is 27.2. The van der Waals surface area contributed by atoms with Crippen LogP contribution >= 0.6 is 0 Å². The number of hydrogen-bond donors (Lipinski definition) is 1. The first kappa shape index (κ1) is 16.5. The maximum Gasteiger partial charge on any atom is 0.243 e. The minimum absolute atomic E-state index is 0.122. The van der Waals surface area contributed by atoms with Crippen molar-refractivity contribution in [2.45, 2.75) is 62.4 Å². The van der Waals surface area contributed by atoms with Crippen LogP contribution in [0.2, 0.25) is 0 Å². The van der Waals surface area contributed by atoms with Crippen LogP contribution in [0.25, 0.3) is 0 Å². The Kier molecular flexibility index (Phi) is 5.41. The zero-order valence-corrected chi connectivity index (χ0v) is 13.8. The van der Waals surface area contributed by atoms with Crippen LogP contribution in [0, 0.1) is 0 Å². The predicted molar refractivity (Wildman–Crippen MR) is 85.5 cm³/mol. The van der Waals surface area contributed by atoms with Crippen molar-refractivity contribution in [3.63, 3.8) is 0 Å². The summed E-state index contributed by atoms with van der Waals surface area (Å²) in [5, 5.41) is 0. The lowest BCUT2D eigenvalue weighted by atomic mass is 10.1. The standard InChI is InChI=1S/C16H26N2O2S/c1-13(17)14-8-7-11-16(12-14)21(19,20)18(2)15-9-5-3-4-6-10-15/h7-8,11-13,15H,3-6,9-10,17H2,1-2H3. The van der Waals surface area contributed by atoms with Crippen LogP contribution in [0.5, 0.6) is 0 Å². The predicted octanol–water partition coefficient (Wildman–Crippen LogP) is 3.05. The van der Waals surface area contributed by atoms with Gasteiger partial charge >= 0.3 is 0 Å². The average Bonchev–Trinajstić information content (AvgIpc) is 2.75. The lowest BCUT2D eigenvalue weighted by Gasteiger charge is -2.26. The van der Waals surface area contributed by atoms with E-state index >= 15 is 0 Å². The highest BCUT2D eigenvalue weighted by Crippen LogP contribution is 2.26. The average molecular weight is 310 g/mol. The zero-order chi connectivity index (χ0) is 15.5. The molecule has 118 valence electrons. The van der Waals surface area contributed by atoms with Crippen molar-refractivity contribution in [2.75, 3.05) is 7.05 Å². The molecule has 0 spiro atoms. The third-order valence-corrected chi connectivity index (χ3v) is 6.31. The highest BCUT2D eigenvalue weighted by molar-refractivity contribution is 7.89. The van der Waals surface area contributed by atoms with Crippen molar-refractivity contribution < 1.29 is 8.42 Å². The van der Waals surface area contributed by atoms with Gasteiger partial charge in [-0.25, -0.2) is 8.42 Å². The Morgan fingerprint density at radius 1 is 1.19 bits per heavy atom. The first-order valence-electron chi connectivity index (χ1n) is 7.76. The van der Waals surface area contributed by atoms with Crippen LogP contribution in [-0.4, -0.2) is 25.8 Å². The molecule has 4 nitrogen and oxygen atoms in total. The van der Waals surface area contributed by atoms with Crippen LogP contribution in [0.15, 0.2) is 29.2 Å². The molecule has 1 saturated carbocycles. The van der Waals surface area contributed by atoms with E-state index in [4.69, 9.17) is 5.73 Å². The number of benzene rings is 1. The Hall–Kier alpha value is -0.910. The Balaban J connectivity index is 2.25. The summed E-state index contributed by atoms with van der Waals surface area (Å²) in [4.78, 5) is 0.351. The number of nitrogens with zero attached hydrogens (tertiary/aromatic N) is 1. The SMILES string of the molecule is CC(N)c1cccc(S(=O)(=O)N(C)C2CCCCCC2)c1. The fourth-order valence-corrected chi connectivity index (χ4v) is 4.41. The molecule has 1 aliphatic rings. The third-order valence-electron chi connectivity index (χ3n) is 4.40. The van der Waals surface area contributed by atoms with Crippen molar-refractivity contribution >= 4 is 10.0 Å². The largest absolute Gasteiger partial charge is 0.324 e. The summed E-state index contributed by atoms with van der Waals surface area (Å²) in [6.07, 6.45) is 6.58. The molecule has 0 radical (unpaired) electrons. The van der Waals surface area contributed by atoms with Crippen molar-refractivity contribution in [1.29, 1.82) is 0 Å². The molecule has 1 aromatic carbocycles. The molecule has 1 atom stereocenters. The fourth-order valence-electron chi connectivity index (χ4n) is 2.94. The molecule has 0 bridgehead atoms. The van der Waals surface area contributed by atoms with Gasteiger partial charge in [-0.2, -0.15) is 4.31 Å². The van der Waals surface area contributed by atoms with Crippen molar-refractivity contribution in [2.24, 2.45) is 5.73 Å². The second kappa shape index (κ2) is 6.90. The molecule has 0 amide bonds. The highest BCUT2D eigenvalue weighted by Gasteiger charge is 2.28. The summed E-state index contributed by atoms with van der Waals surface area (Å²) in [6, 6.07) is 6.96. The van der Waals surface area contributed by atoms with Crippen LogP contribution < -0.4 is 5.73 Å². The van der Waals surface area contributed by atoms with E-state index in [2.05, 4.69) is 0 Å². The molecular formula is C16H26N2O2S. The smallest absolute Gasteiger partial charge is 0.243 e. The second-order valence-electron chi connectivity index (χ2n) is 6.03. The molecule has 2 rings (SSSR count). The van der Waals surface area contributed by atoms with Gasteiger partial charge in [-0.3, -0.25) is 0 Å². The minimum Gasteiger partial charge on any atom is -0.324 e. The third kappa shape index (κ3) is 3.84. The Morgan fingerprint density at radius 3 is 2.38 bits per heavy atom. The highest BCUT2D eigenvalue weighted by atomic mass is 32.2. The van der Waals surface area contributed by atoms with Crippen molar-refractivity contribution in [3.05, 3.63) is 29.8 Å². The molecule has 0 aliphatic heterocycles. The monoisotopic (exact) mass is 310 g/mol. The van der Waals surface area contributed by atoms with Gasteiger partial charge in [0.15, 0.2) is 0 Å². The summed E-state index contributed by atoms with van der Waals surface area (Å²) in [7, 11) is -1.72. The zero-order valence-electron chi connectivity index (χ0n) is 13.0. The Morgan fingerprint density at radius 2 is 1.81 bits per heavy atom. The van der Waals surface area contributed by atoms with Gasteiger partial charge in [0.05, 0.1) is 4.90 Å². The molecular weight excluding hydrogens is 284 g/mol. The van der Waals surface area contributed by atoms with Gasteiger partial charge in [-0.1, -0.05) is 37.8 Å². The van der Waals surface area contributed by atoms with Crippen molar-refractivity contribution in [3.8, 4) is 0 Å². The van der Waals surface area contributed by atoms with Gasteiger partial charge in [0.2, 0.25) is 10.0 Å². The molecule has 0 aromatic heterocycles. The molecule has 1 fully saturated rings. The lowest BCUT2D eigenvalue weighted by molar-refractivity contribution is 0.335. The van der Waals surface area contributed by atoms with Gasteiger partial charge in [0, 0.05) is 19.1 Å². The molecule has 2 N–H and O–H groups in total. The molecule has 1 unspecified atom stereocenters. The van der Waals surface area contributed by atoms with E-state index in [1.807, 2.05) is 13.0 Å². The molecule has 0 heterocycles. The van der Waals surface area contributed by atoms with Crippen LogP contribution in [-0.2, 0) is 10.0 Å². The van der Waals surface area contributed by atoms with Gasteiger partial charge in [-0.15, -0.1) is 0 Å². The summed E-state index contributed by atoms with van der Waals surface area (Å²) in [5.74, 6) is 0. The number of sulfonamides is 1. The quantitative estimate of drug-likeness (QED) is 0.869.